The summed E-state index contributed by atoms with van der Waals surface area (Å²) < 4.78 is 51.3. The molecular formula is C15H22F2N2O3S. The van der Waals surface area contributed by atoms with E-state index in [1.54, 1.807) is 0 Å². The van der Waals surface area contributed by atoms with Crippen LogP contribution in [0.1, 0.15) is 26.7 Å². The van der Waals surface area contributed by atoms with Gasteiger partial charge in [-0.1, -0.05) is 13.8 Å². The van der Waals surface area contributed by atoms with Gasteiger partial charge in [-0.3, -0.25) is 9.10 Å². The van der Waals surface area contributed by atoms with Crippen LogP contribution in [-0.4, -0.2) is 33.7 Å². The Morgan fingerprint density at radius 3 is 2.35 bits per heavy atom. The summed E-state index contributed by atoms with van der Waals surface area (Å²) in [5, 5.41) is 2.65. The van der Waals surface area contributed by atoms with E-state index in [0.717, 1.165) is 22.7 Å². The Kier molecular flexibility index (Phi) is 6.93. The summed E-state index contributed by atoms with van der Waals surface area (Å²) in [5.74, 6) is -2.06. The van der Waals surface area contributed by atoms with Crippen molar-refractivity contribution in [3.8, 4) is 0 Å². The minimum atomic E-state index is -3.76. The highest BCUT2D eigenvalue weighted by Gasteiger charge is 2.22. The van der Waals surface area contributed by atoms with E-state index in [0.29, 0.717) is 18.9 Å². The maximum absolute atomic E-state index is 13.8. The minimum absolute atomic E-state index is 0.0409. The average molecular weight is 348 g/mol. The first-order valence-corrected chi connectivity index (χ1v) is 9.26. The first-order chi connectivity index (χ1) is 10.7. The van der Waals surface area contributed by atoms with Crippen LogP contribution in [-0.2, 0) is 14.8 Å². The summed E-state index contributed by atoms with van der Waals surface area (Å²) >= 11 is 0. The zero-order valence-corrected chi connectivity index (χ0v) is 14.3. The Morgan fingerprint density at radius 2 is 1.87 bits per heavy atom. The Bertz CT molecular complexity index is 646. The van der Waals surface area contributed by atoms with Gasteiger partial charge in [0.15, 0.2) is 0 Å². The molecule has 0 heterocycles. The van der Waals surface area contributed by atoms with Crippen LogP contribution in [0.5, 0.6) is 0 Å². The van der Waals surface area contributed by atoms with E-state index in [2.05, 4.69) is 5.32 Å². The second-order valence-corrected chi connectivity index (χ2v) is 7.14. The summed E-state index contributed by atoms with van der Waals surface area (Å²) in [6.45, 7) is 3.70. The molecule has 0 bridgehead atoms. The van der Waals surface area contributed by atoms with E-state index in [-0.39, 0.29) is 30.6 Å². The van der Waals surface area contributed by atoms with Crippen LogP contribution in [0.3, 0.4) is 0 Å². The standard InChI is InChI=1S/C15H22F2N2O3S/c1-4-11(5-2)15(20)18-8-9-19(23(3,21)22)14-7-6-12(16)10-13(14)17/h6-7,10-11H,4-5,8-9H2,1-3H3,(H,18,20). The second-order valence-electron chi connectivity index (χ2n) is 5.24. The molecule has 0 aliphatic heterocycles. The SMILES string of the molecule is CCC(CC)C(=O)NCCN(c1ccc(F)cc1F)S(C)(=O)=O. The van der Waals surface area contributed by atoms with Gasteiger partial charge in [-0.25, -0.2) is 17.2 Å². The first-order valence-electron chi connectivity index (χ1n) is 7.41. The van der Waals surface area contributed by atoms with E-state index in [9.17, 15) is 22.0 Å². The number of sulfonamides is 1. The Morgan fingerprint density at radius 1 is 1.26 bits per heavy atom. The quantitative estimate of drug-likeness (QED) is 0.784. The number of amides is 1. The van der Waals surface area contributed by atoms with Crippen molar-refractivity contribution in [2.75, 3.05) is 23.7 Å². The first kappa shape index (κ1) is 19.3. The molecular weight excluding hydrogens is 326 g/mol. The van der Waals surface area contributed by atoms with Crippen LogP contribution in [0.4, 0.5) is 14.5 Å². The molecule has 0 unspecified atom stereocenters. The van der Waals surface area contributed by atoms with Gasteiger partial charge in [-0.15, -0.1) is 0 Å². The highest BCUT2D eigenvalue weighted by Crippen LogP contribution is 2.22. The largest absolute Gasteiger partial charge is 0.354 e. The number of nitrogens with zero attached hydrogens (tertiary/aromatic N) is 1. The number of carbonyl (C=O) groups excluding carboxylic acids is 1. The molecule has 0 radical (unpaired) electrons. The van der Waals surface area contributed by atoms with Crippen LogP contribution in [0, 0.1) is 17.6 Å². The topological polar surface area (TPSA) is 66.5 Å². The summed E-state index contributed by atoms with van der Waals surface area (Å²) in [4.78, 5) is 11.9. The fourth-order valence-electron chi connectivity index (χ4n) is 2.23. The molecule has 1 amide bonds. The molecule has 0 saturated carbocycles. The van der Waals surface area contributed by atoms with Gasteiger partial charge in [0.25, 0.3) is 0 Å². The normalized spacial score (nSPS) is 11.6. The average Bonchev–Trinajstić information content (AvgIpc) is 2.45. The Hall–Kier alpha value is -1.70. The lowest BCUT2D eigenvalue weighted by molar-refractivity contribution is -0.125. The molecule has 1 rings (SSSR count). The predicted octanol–water partition coefficient (Wildman–Crippen LogP) is 2.28. The zero-order chi connectivity index (χ0) is 17.6. The van der Waals surface area contributed by atoms with Gasteiger partial charge in [0, 0.05) is 18.5 Å². The van der Waals surface area contributed by atoms with E-state index < -0.39 is 21.7 Å². The third-order valence-electron chi connectivity index (χ3n) is 3.55. The van der Waals surface area contributed by atoms with E-state index in [4.69, 9.17) is 0 Å². The summed E-state index contributed by atoms with van der Waals surface area (Å²) in [6, 6.07) is 2.67. The van der Waals surface area contributed by atoms with Crippen molar-refractivity contribution in [1.82, 2.24) is 5.32 Å². The van der Waals surface area contributed by atoms with Crippen molar-refractivity contribution in [3.05, 3.63) is 29.8 Å². The van der Waals surface area contributed by atoms with Crippen LogP contribution in [0.25, 0.3) is 0 Å². The van der Waals surface area contributed by atoms with Crippen molar-refractivity contribution in [3.63, 3.8) is 0 Å². The molecule has 1 aromatic rings. The number of benzene rings is 1. The van der Waals surface area contributed by atoms with Crippen molar-refractivity contribution >= 4 is 21.6 Å². The number of rotatable bonds is 8. The molecule has 0 fully saturated rings. The number of nitrogens with one attached hydrogen (secondary N) is 1. The van der Waals surface area contributed by atoms with Gasteiger partial charge < -0.3 is 5.32 Å². The number of halogens is 2. The van der Waals surface area contributed by atoms with Crippen molar-refractivity contribution in [2.24, 2.45) is 5.92 Å². The summed E-state index contributed by atoms with van der Waals surface area (Å²) in [5.41, 5.74) is -0.245. The molecule has 0 saturated heterocycles. The molecule has 23 heavy (non-hydrogen) atoms. The van der Waals surface area contributed by atoms with Gasteiger partial charge in [-0.05, 0) is 25.0 Å². The maximum atomic E-state index is 13.8. The fraction of sp³-hybridized carbons (Fsp3) is 0.533. The molecule has 130 valence electrons. The number of anilines is 1. The van der Waals surface area contributed by atoms with Crippen molar-refractivity contribution in [2.45, 2.75) is 26.7 Å². The third-order valence-corrected chi connectivity index (χ3v) is 4.73. The van der Waals surface area contributed by atoms with Crippen LogP contribution >= 0.6 is 0 Å². The zero-order valence-electron chi connectivity index (χ0n) is 13.5. The lowest BCUT2D eigenvalue weighted by atomic mass is 10.0. The summed E-state index contributed by atoms with van der Waals surface area (Å²) in [7, 11) is -3.76. The van der Waals surface area contributed by atoms with Gasteiger partial charge in [0.05, 0.1) is 18.5 Å². The molecule has 0 spiro atoms. The monoisotopic (exact) mass is 348 g/mol. The Balaban J connectivity index is 2.84. The highest BCUT2D eigenvalue weighted by molar-refractivity contribution is 7.92. The van der Waals surface area contributed by atoms with E-state index in [1.807, 2.05) is 13.8 Å². The molecule has 0 aliphatic carbocycles. The minimum Gasteiger partial charge on any atom is -0.354 e. The molecule has 1 N–H and O–H groups in total. The van der Waals surface area contributed by atoms with E-state index in [1.165, 1.54) is 0 Å². The smallest absolute Gasteiger partial charge is 0.232 e. The highest BCUT2D eigenvalue weighted by atomic mass is 32.2. The predicted molar refractivity (Wildman–Crippen MR) is 85.6 cm³/mol. The Labute approximate surface area is 135 Å². The van der Waals surface area contributed by atoms with Gasteiger partial charge in [0.1, 0.15) is 11.6 Å². The molecule has 0 aromatic heterocycles. The molecule has 8 heteroatoms. The van der Waals surface area contributed by atoms with Crippen molar-refractivity contribution in [1.29, 1.82) is 0 Å². The number of carbonyl (C=O) groups is 1. The maximum Gasteiger partial charge on any atom is 0.232 e. The second kappa shape index (κ2) is 8.24. The van der Waals surface area contributed by atoms with Crippen LogP contribution < -0.4 is 9.62 Å². The molecule has 0 aliphatic rings. The number of hydrogen-bond donors (Lipinski definition) is 1. The van der Waals surface area contributed by atoms with E-state index >= 15 is 0 Å². The van der Waals surface area contributed by atoms with Gasteiger partial charge in [0.2, 0.25) is 15.9 Å². The van der Waals surface area contributed by atoms with Crippen molar-refractivity contribution < 1.29 is 22.0 Å². The summed E-state index contributed by atoms with van der Waals surface area (Å²) in [6.07, 6.45) is 2.30. The molecule has 0 atom stereocenters. The lowest BCUT2D eigenvalue weighted by Crippen LogP contribution is -2.40. The van der Waals surface area contributed by atoms with Gasteiger partial charge >= 0.3 is 0 Å². The number of hydrogen-bond acceptors (Lipinski definition) is 3. The molecule has 1 aromatic carbocycles. The molecule has 5 nitrogen and oxygen atoms in total. The van der Waals surface area contributed by atoms with Crippen LogP contribution in [0.15, 0.2) is 18.2 Å². The third kappa shape index (κ3) is 5.46. The fourth-order valence-corrected chi connectivity index (χ4v) is 3.16. The van der Waals surface area contributed by atoms with Crippen LogP contribution in [0.2, 0.25) is 0 Å². The van der Waals surface area contributed by atoms with Gasteiger partial charge in [-0.2, -0.15) is 0 Å². The lowest BCUT2D eigenvalue weighted by Gasteiger charge is -2.23.